The van der Waals surface area contributed by atoms with Crippen molar-refractivity contribution in [2.75, 3.05) is 0 Å². The van der Waals surface area contributed by atoms with Gasteiger partial charge in [0.1, 0.15) is 0 Å². The molecule has 0 spiro atoms. The molecule has 0 aromatic heterocycles. The molecule has 3 unspecified atom stereocenters. The van der Waals surface area contributed by atoms with Crippen LogP contribution in [0.3, 0.4) is 0 Å². The van der Waals surface area contributed by atoms with Crippen LogP contribution in [0.25, 0.3) is 0 Å². The third kappa shape index (κ3) is 1.90. The number of Topliss-reactive ketones (excluding diaryl/α,β-unsaturated/α-hetero) is 1. The SMILES string of the molecule is O=C(c1cccc(Cl)c1Cl)C1CC2CCC1C2. The molecular formula is C14H14Cl2O. The zero-order valence-corrected chi connectivity index (χ0v) is 11.0. The second kappa shape index (κ2) is 4.29. The van der Waals surface area contributed by atoms with Gasteiger partial charge in [-0.25, -0.2) is 0 Å². The van der Waals surface area contributed by atoms with E-state index in [4.69, 9.17) is 23.2 Å². The molecule has 2 aliphatic carbocycles. The van der Waals surface area contributed by atoms with E-state index < -0.39 is 0 Å². The van der Waals surface area contributed by atoms with Crippen LogP contribution in [-0.4, -0.2) is 5.78 Å². The van der Waals surface area contributed by atoms with E-state index in [1.54, 1.807) is 18.2 Å². The summed E-state index contributed by atoms with van der Waals surface area (Å²) in [6.07, 6.45) is 4.79. The van der Waals surface area contributed by atoms with Crippen LogP contribution in [0.4, 0.5) is 0 Å². The number of hydrogen-bond acceptors (Lipinski definition) is 1. The summed E-state index contributed by atoms with van der Waals surface area (Å²) in [6, 6.07) is 5.32. The van der Waals surface area contributed by atoms with Crippen LogP contribution in [0, 0.1) is 17.8 Å². The minimum absolute atomic E-state index is 0.185. The van der Waals surface area contributed by atoms with E-state index in [2.05, 4.69) is 0 Å². The van der Waals surface area contributed by atoms with Gasteiger partial charge in [-0.2, -0.15) is 0 Å². The van der Waals surface area contributed by atoms with Gasteiger partial charge in [0.2, 0.25) is 0 Å². The minimum Gasteiger partial charge on any atom is -0.294 e. The number of carbonyl (C=O) groups excluding carboxylic acids is 1. The van der Waals surface area contributed by atoms with Crippen LogP contribution in [-0.2, 0) is 0 Å². The van der Waals surface area contributed by atoms with E-state index in [0.717, 1.165) is 12.3 Å². The second-order valence-electron chi connectivity index (χ2n) is 5.25. The van der Waals surface area contributed by atoms with E-state index in [1.165, 1.54) is 19.3 Å². The zero-order valence-electron chi connectivity index (χ0n) is 9.46. The average Bonchev–Trinajstić information content (AvgIpc) is 2.94. The van der Waals surface area contributed by atoms with Gasteiger partial charge in [0, 0.05) is 11.5 Å². The Morgan fingerprint density at radius 3 is 2.65 bits per heavy atom. The van der Waals surface area contributed by atoms with Crippen LogP contribution in [0.5, 0.6) is 0 Å². The molecule has 90 valence electrons. The molecule has 2 fully saturated rings. The molecule has 3 atom stereocenters. The van der Waals surface area contributed by atoms with Crippen LogP contribution in [0.1, 0.15) is 36.0 Å². The number of ketones is 1. The molecule has 0 amide bonds. The van der Waals surface area contributed by atoms with Crippen molar-refractivity contribution in [3.63, 3.8) is 0 Å². The molecule has 0 radical (unpaired) electrons. The van der Waals surface area contributed by atoms with E-state index in [-0.39, 0.29) is 11.7 Å². The fourth-order valence-electron chi connectivity index (χ4n) is 3.46. The summed E-state index contributed by atoms with van der Waals surface area (Å²) in [6.45, 7) is 0. The molecular weight excluding hydrogens is 255 g/mol. The molecule has 1 aromatic carbocycles. The molecule has 0 aliphatic heterocycles. The first-order valence-electron chi connectivity index (χ1n) is 6.15. The molecule has 0 N–H and O–H groups in total. The van der Waals surface area contributed by atoms with E-state index in [0.29, 0.717) is 21.5 Å². The van der Waals surface area contributed by atoms with E-state index >= 15 is 0 Å². The van der Waals surface area contributed by atoms with Crippen LogP contribution >= 0.6 is 23.2 Å². The third-order valence-electron chi connectivity index (χ3n) is 4.29. The van der Waals surface area contributed by atoms with E-state index in [9.17, 15) is 4.79 Å². The maximum Gasteiger partial charge on any atom is 0.167 e. The summed E-state index contributed by atoms with van der Waals surface area (Å²) in [5, 5.41) is 0.891. The Morgan fingerprint density at radius 1 is 1.18 bits per heavy atom. The fourth-order valence-corrected chi connectivity index (χ4v) is 3.85. The number of rotatable bonds is 2. The number of carbonyl (C=O) groups is 1. The number of benzene rings is 1. The van der Waals surface area contributed by atoms with Crippen LogP contribution < -0.4 is 0 Å². The number of halogens is 2. The van der Waals surface area contributed by atoms with Gasteiger partial charge in [0.15, 0.2) is 5.78 Å². The summed E-state index contributed by atoms with van der Waals surface area (Å²) >= 11 is 12.1. The first kappa shape index (κ1) is 11.6. The smallest absolute Gasteiger partial charge is 0.167 e. The molecule has 2 aliphatic rings. The van der Waals surface area contributed by atoms with Gasteiger partial charge < -0.3 is 0 Å². The highest BCUT2D eigenvalue weighted by Crippen LogP contribution is 2.49. The molecule has 2 saturated carbocycles. The van der Waals surface area contributed by atoms with Crippen molar-refractivity contribution in [1.29, 1.82) is 0 Å². The maximum absolute atomic E-state index is 12.5. The Morgan fingerprint density at radius 2 is 2.00 bits per heavy atom. The lowest BCUT2D eigenvalue weighted by Gasteiger charge is -2.20. The van der Waals surface area contributed by atoms with Gasteiger partial charge in [-0.15, -0.1) is 0 Å². The zero-order chi connectivity index (χ0) is 12.0. The summed E-state index contributed by atoms with van der Waals surface area (Å²) in [5.74, 6) is 1.74. The van der Waals surface area contributed by atoms with E-state index in [1.807, 2.05) is 0 Å². The van der Waals surface area contributed by atoms with Gasteiger partial charge in [0.25, 0.3) is 0 Å². The molecule has 0 saturated heterocycles. The van der Waals surface area contributed by atoms with Gasteiger partial charge in [-0.3, -0.25) is 4.79 Å². The minimum atomic E-state index is 0.185. The maximum atomic E-state index is 12.5. The van der Waals surface area contributed by atoms with Crippen molar-refractivity contribution in [2.24, 2.45) is 17.8 Å². The Labute approximate surface area is 111 Å². The van der Waals surface area contributed by atoms with Gasteiger partial charge in [-0.05, 0) is 43.2 Å². The third-order valence-corrected chi connectivity index (χ3v) is 5.11. The summed E-state index contributed by atoms with van der Waals surface area (Å²) < 4.78 is 0. The predicted octanol–water partition coefficient (Wildman–Crippen LogP) is 4.61. The first-order chi connectivity index (χ1) is 8.16. The van der Waals surface area contributed by atoms with Crippen molar-refractivity contribution >= 4 is 29.0 Å². The van der Waals surface area contributed by atoms with Crippen LogP contribution in [0.2, 0.25) is 10.0 Å². The monoisotopic (exact) mass is 268 g/mol. The van der Waals surface area contributed by atoms with Crippen molar-refractivity contribution in [1.82, 2.24) is 0 Å². The van der Waals surface area contributed by atoms with Gasteiger partial charge in [0.05, 0.1) is 10.0 Å². The predicted molar refractivity (Wildman–Crippen MR) is 69.7 cm³/mol. The Kier molecular flexibility index (Phi) is 2.92. The number of hydrogen-bond donors (Lipinski definition) is 0. The van der Waals surface area contributed by atoms with Crippen molar-refractivity contribution < 1.29 is 4.79 Å². The molecule has 1 nitrogen and oxygen atoms in total. The normalized spacial score (nSPS) is 30.8. The fraction of sp³-hybridized carbons (Fsp3) is 0.500. The second-order valence-corrected chi connectivity index (χ2v) is 6.03. The lowest BCUT2D eigenvalue weighted by Crippen LogP contribution is -2.21. The summed E-state index contributed by atoms with van der Waals surface area (Å²) in [7, 11) is 0. The largest absolute Gasteiger partial charge is 0.294 e. The summed E-state index contributed by atoms with van der Waals surface area (Å²) in [5.41, 5.74) is 0.608. The highest BCUT2D eigenvalue weighted by Gasteiger charge is 2.43. The van der Waals surface area contributed by atoms with Gasteiger partial charge in [-0.1, -0.05) is 35.7 Å². The average molecular weight is 269 g/mol. The Balaban J connectivity index is 1.89. The highest BCUT2D eigenvalue weighted by atomic mass is 35.5. The van der Waals surface area contributed by atoms with Gasteiger partial charge >= 0.3 is 0 Å². The molecule has 3 rings (SSSR count). The van der Waals surface area contributed by atoms with Crippen LogP contribution in [0.15, 0.2) is 18.2 Å². The molecule has 2 bridgehead atoms. The summed E-state index contributed by atoms with van der Waals surface area (Å²) in [4.78, 5) is 12.5. The van der Waals surface area contributed by atoms with Crippen molar-refractivity contribution in [3.05, 3.63) is 33.8 Å². The Bertz CT molecular complexity index is 469. The lowest BCUT2D eigenvalue weighted by atomic mass is 9.83. The molecule has 17 heavy (non-hydrogen) atoms. The standard InChI is InChI=1S/C14H14Cl2O/c15-12-3-1-2-10(13(12)16)14(17)11-7-8-4-5-9(11)6-8/h1-3,8-9,11H,4-7H2. The van der Waals surface area contributed by atoms with Crippen molar-refractivity contribution in [2.45, 2.75) is 25.7 Å². The number of fused-ring (bicyclic) bond motifs is 2. The Hall–Kier alpha value is -0.530. The topological polar surface area (TPSA) is 17.1 Å². The quantitative estimate of drug-likeness (QED) is 0.716. The first-order valence-corrected chi connectivity index (χ1v) is 6.90. The lowest BCUT2D eigenvalue weighted by molar-refractivity contribution is 0.0875. The molecule has 0 heterocycles. The molecule has 3 heteroatoms. The highest BCUT2D eigenvalue weighted by molar-refractivity contribution is 6.44. The molecule has 1 aromatic rings. The van der Waals surface area contributed by atoms with Crippen molar-refractivity contribution in [3.8, 4) is 0 Å².